The van der Waals surface area contributed by atoms with Crippen molar-refractivity contribution in [1.29, 1.82) is 5.26 Å². The molecule has 0 amide bonds. The maximum absolute atomic E-state index is 11.9. The Balaban J connectivity index is 1.98. The van der Waals surface area contributed by atoms with Crippen LogP contribution in [0.25, 0.3) is 0 Å². The van der Waals surface area contributed by atoms with Crippen LogP contribution in [0.5, 0.6) is 0 Å². The van der Waals surface area contributed by atoms with Gasteiger partial charge in [-0.3, -0.25) is 14.3 Å². The first-order chi connectivity index (χ1) is 12.1. The highest BCUT2D eigenvalue weighted by atomic mass is 16.7. The summed E-state index contributed by atoms with van der Waals surface area (Å²) in [5, 5.41) is 27.8. The number of rotatable bonds is 9. The molecule has 0 bridgehead atoms. The minimum atomic E-state index is -1.21. The second-order valence-electron chi connectivity index (χ2n) is 5.14. The largest absolute Gasteiger partial charge is 0.394 e. The summed E-state index contributed by atoms with van der Waals surface area (Å²) in [6, 6.07) is 3.04. The number of nitrogens with one attached hydrogen (secondary N) is 1. The van der Waals surface area contributed by atoms with Crippen molar-refractivity contribution in [2.24, 2.45) is 0 Å². The van der Waals surface area contributed by atoms with Crippen LogP contribution in [0.1, 0.15) is 12.6 Å². The molecule has 0 radical (unpaired) electrons. The molecule has 1 fully saturated rings. The van der Waals surface area contributed by atoms with Crippen LogP contribution in [-0.4, -0.2) is 64.9 Å². The second-order valence-corrected chi connectivity index (χ2v) is 5.14. The number of aliphatic hydroxyl groups is 2. The Morgan fingerprint density at radius 2 is 2.16 bits per heavy atom. The van der Waals surface area contributed by atoms with Gasteiger partial charge in [0, 0.05) is 12.3 Å². The first-order valence-electron chi connectivity index (χ1n) is 7.48. The Labute approximate surface area is 141 Å². The third-order valence-electron chi connectivity index (χ3n) is 3.49. The molecule has 3 N–H and O–H groups in total. The number of hydrogen-bond acceptors (Lipinski definition) is 9. The molecule has 0 aliphatic carbocycles. The van der Waals surface area contributed by atoms with E-state index in [1.807, 2.05) is 6.07 Å². The average molecular weight is 357 g/mol. The Morgan fingerprint density at radius 3 is 2.84 bits per heavy atom. The molecule has 1 aromatic heterocycles. The minimum absolute atomic E-state index is 0.113. The summed E-state index contributed by atoms with van der Waals surface area (Å²) < 4.78 is 22.0. The summed E-state index contributed by atoms with van der Waals surface area (Å²) in [5.74, 6) is 0. The highest BCUT2D eigenvalue weighted by molar-refractivity contribution is 4.93. The van der Waals surface area contributed by atoms with E-state index in [0.29, 0.717) is 0 Å². The van der Waals surface area contributed by atoms with E-state index in [-0.39, 0.29) is 26.6 Å². The molecule has 0 saturated carbocycles. The van der Waals surface area contributed by atoms with Crippen molar-refractivity contribution in [2.45, 2.75) is 31.0 Å². The minimum Gasteiger partial charge on any atom is -0.394 e. The molecule has 2 heterocycles. The summed E-state index contributed by atoms with van der Waals surface area (Å²) >= 11 is 0. The molecule has 11 nitrogen and oxygen atoms in total. The van der Waals surface area contributed by atoms with E-state index in [1.54, 1.807) is 0 Å². The monoisotopic (exact) mass is 357 g/mol. The van der Waals surface area contributed by atoms with E-state index < -0.39 is 42.4 Å². The van der Waals surface area contributed by atoms with E-state index in [9.17, 15) is 19.8 Å². The van der Waals surface area contributed by atoms with Gasteiger partial charge in [-0.15, -0.1) is 0 Å². The smallest absolute Gasteiger partial charge is 0.330 e. The summed E-state index contributed by atoms with van der Waals surface area (Å²) in [5.41, 5.74) is -1.31. The van der Waals surface area contributed by atoms with Gasteiger partial charge in [0.1, 0.15) is 31.9 Å². The predicted octanol–water partition coefficient (Wildman–Crippen LogP) is -1.97. The zero-order valence-corrected chi connectivity index (χ0v) is 13.2. The number of hydrogen-bond donors (Lipinski definition) is 3. The van der Waals surface area contributed by atoms with E-state index >= 15 is 0 Å². The van der Waals surface area contributed by atoms with Crippen molar-refractivity contribution in [3.63, 3.8) is 0 Å². The van der Waals surface area contributed by atoms with Crippen molar-refractivity contribution < 1.29 is 29.2 Å². The predicted molar refractivity (Wildman–Crippen MR) is 80.2 cm³/mol. The quantitative estimate of drug-likeness (QED) is 0.337. The summed E-state index contributed by atoms with van der Waals surface area (Å²) in [6.07, 6.45) is -2.80. The zero-order valence-electron chi connectivity index (χ0n) is 13.2. The molecular formula is C14H19N3O8. The molecule has 1 saturated heterocycles. The van der Waals surface area contributed by atoms with Gasteiger partial charge in [0.05, 0.1) is 25.7 Å². The molecule has 1 aromatic rings. The average Bonchev–Trinajstić information content (AvgIpc) is 2.90. The topological polar surface area (TPSA) is 156 Å². The number of aromatic amines is 1. The fourth-order valence-corrected chi connectivity index (χ4v) is 2.30. The van der Waals surface area contributed by atoms with Crippen LogP contribution in [-0.2, 0) is 18.9 Å². The summed E-state index contributed by atoms with van der Waals surface area (Å²) in [4.78, 5) is 25.1. The van der Waals surface area contributed by atoms with Crippen LogP contribution in [0.15, 0.2) is 21.9 Å². The lowest BCUT2D eigenvalue weighted by Gasteiger charge is -2.22. The molecule has 1 unspecified atom stereocenters. The lowest BCUT2D eigenvalue weighted by Crippen LogP contribution is -2.39. The number of H-pyrrole nitrogens is 1. The number of aliphatic hydroxyl groups excluding tert-OH is 2. The highest BCUT2D eigenvalue weighted by Gasteiger charge is 2.45. The van der Waals surface area contributed by atoms with Gasteiger partial charge in [0.15, 0.2) is 6.23 Å². The Kier molecular flexibility index (Phi) is 7.26. The van der Waals surface area contributed by atoms with Crippen molar-refractivity contribution >= 4 is 0 Å². The van der Waals surface area contributed by atoms with E-state index in [1.165, 1.54) is 6.20 Å². The van der Waals surface area contributed by atoms with Crippen LogP contribution in [0.3, 0.4) is 0 Å². The van der Waals surface area contributed by atoms with Crippen molar-refractivity contribution in [2.75, 3.05) is 26.8 Å². The molecule has 0 spiro atoms. The summed E-state index contributed by atoms with van der Waals surface area (Å²) in [6.45, 7) is -0.649. The SMILES string of the molecule is N#CCCOCOCO[C@H]1C(O)[C@@H](CO)O[C@H]1n1ccc(=O)[nH]c1=O. The lowest BCUT2D eigenvalue weighted by molar-refractivity contribution is -0.175. The second kappa shape index (κ2) is 9.42. The van der Waals surface area contributed by atoms with Crippen LogP contribution in [0.4, 0.5) is 0 Å². The number of nitriles is 1. The van der Waals surface area contributed by atoms with E-state index in [4.69, 9.17) is 24.2 Å². The van der Waals surface area contributed by atoms with Gasteiger partial charge in [-0.05, 0) is 0 Å². The molecular weight excluding hydrogens is 338 g/mol. The van der Waals surface area contributed by atoms with E-state index in [0.717, 1.165) is 10.6 Å². The fourth-order valence-electron chi connectivity index (χ4n) is 2.30. The summed E-state index contributed by atoms with van der Waals surface area (Å²) in [7, 11) is 0. The van der Waals surface area contributed by atoms with Gasteiger partial charge in [-0.25, -0.2) is 4.79 Å². The molecule has 4 atom stereocenters. The van der Waals surface area contributed by atoms with Gasteiger partial charge in [0.25, 0.3) is 5.56 Å². The van der Waals surface area contributed by atoms with Crippen LogP contribution in [0, 0.1) is 11.3 Å². The van der Waals surface area contributed by atoms with Gasteiger partial charge < -0.3 is 29.2 Å². The first-order valence-corrected chi connectivity index (χ1v) is 7.48. The van der Waals surface area contributed by atoms with Crippen LogP contribution in [0.2, 0.25) is 0 Å². The van der Waals surface area contributed by atoms with Crippen molar-refractivity contribution in [3.8, 4) is 6.07 Å². The maximum atomic E-state index is 11.9. The number of aromatic nitrogens is 2. The molecule has 138 valence electrons. The van der Waals surface area contributed by atoms with E-state index in [2.05, 4.69) is 4.98 Å². The number of ether oxygens (including phenoxy) is 4. The third kappa shape index (κ3) is 4.95. The highest BCUT2D eigenvalue weighted by Crippen LogP contribution is 2.30. The molecule has 2 rings (SSSR count). The zero-order chi connectivity index (χ0) is 18.2. The lowest BCUT2D eigenvalue weighted by atomic mass is 10.1. The normalized spacial score (nSPS) is 25.8. The van der Waals surface area contributed by atoms with Crippen molar-refractivity contribution in [3.05, 3.63) is 33.1 Å². The van der Waals surface area contributed by atoms with Crippen LogP contribution < -0.4 is 11.2 Å². The third-order valence-corrected chi connectivity index (χ3v) is 3.49. The standard InChI is InChI=1S/C14H19N3O8/c15-3-1-5-22-7-23-8-24-12-11(20)9(6-18)25-13(12)17-4-2-10(19)16-14(17)21/h2,4,9,11-13,18,20H,1,5-8H2,(H,16,19,21)/t9-,11?,12+,13-/m1/s1. The van der Waals surface area contributed by atoms with Crippen molar-refractivity contribution in [1.82, 2.24) is 9.55 Å². The van der Waals surface area contributed by atoms with Gasteiger partial charge in [0.2, 0.25) is 0 Å². The van der Waals surface area contributed by atoms with Crippen LogP contribution >= 0.6 is 0 Å². The maximum Gasteiger partial charge on any atom is 0.330 e. The Hall–Kier alpha value is -2.07. The molecule has 1 aliphatic rings. The van der Waals surface area contributed by atoms with Gasteiger partial charge in [-0.1, -0.05) is 0 Å². The molecule has 1 aliphatic heterocycles. The fraction of sp³-hybridized carbons (Fsp3) is 0.643. The molecule has 25 heavy (non-hydrogen) atoms. The molecule has 0 aromatic carbocycles. The Bertz CT molecular complexity index is 696. The number of nitrogens with zero attached hydrogens (tertiary/aromatic N) is 2. The molecule has 11 heteroatoms. The van der Waals surface area contributed by atoms with Gasteiger partial charge >= 0.3 is 5.69 Å². The first kappa shape index (κ1) is 19.3. The Morgan fingerprint density at radius 1 is 1.36 bits per heavy atom. The van der Waals surface area contributed by atoms with Gasteiger partial charge in [-0.2, -0.15) is 5.26 Å².